The normalized spacial score (nSPS) is 14.0. The number of aromatic nitrogens is 1. The van der Waals surface area contributed by atoms with Gasteiger partial charge in [0.2, 0.25) is 5.91 Å². The number of hydrogen-bond acceptors (Lipinski definition) is 4. The van der Waals surface area contributed by atoms with Gasteiger partial charge in [-0.15, -0.1) is 0 Å². The molecule has 0 unspecified atom stereocenters. The summed E-state index contributed by atoms with van der Waals surface area (Å²) in [4.78, 5) is 30.6. The van der Waals surface area contributed by atoms with Crippen LogP contribution in [0.5, 0.6) is 5.75 Å². The summed E-state index contributed by atoms with van der Waals surface area (Å²) in [5.41, 5.74) is 1.14. The summed E-state index contributed by atoms with van der Waals surface area (Å²) in [5, 5.41) is 3.36. The van der Waals surface area contributed by atoms with Crippen LogP contribution in [0.3, 0.4) is 0 Å². The molecule has 1 aliphatic rings. The van der Waals surface area contributed by atoms with Crippen molar-refractivity contribution in [1.29, 1.82) is 0 Å². The molecular weight excluding hydrogens is 294 g/mol. The fourth-order valence-electron chi connectivity index (χ4n) is 2.86. The number of hydrogen-bond donors (Lipinski definition) is 1. The SMILES string of the molecule is COc1cccc2nccc(C(=O)NCC(=O)N3CCCC3)c12. The minimum Gasteiger partial charge on any atom is -0.496 e. The average Bonchev–Trinajstić information content (AvgIpc) is 3.13. The molecule has 1 aliphatic heterocycles. The highest BCUT2D eigenvalue weighted by Gasteiger charge is 2.19. The van der Waals surface area contributed by atoms with Gasteiger partial charge in [0.05, 0.1) is 30.1 Å². The summed E-state index contributed by atoms with van der Waals surface area (Å²) < 4.78 is 5.33. The predicted molar refractivity (Wildman–Crippen MR) is 86.4 cm³/mol. The van der Waals surface area contributed by atoms with Crippen LogP contribution in [0.2, 0.25) is 0 Å². The lowest BCUT2D eigenvalue weighted by Crippen LogP contribution is -2.38. The Balaban J connectivity index is 1.79. The van der Waals surface area contributed by atoms with Crippen LogP contribution >= 0.6 is 0 Å². The highest BCUT2D eigenvalue weighted by molar-refractivity contribution is 6.08. The third kappa shape index (κ3) is 3.11. The van der Waals surface area contributed by atoms with Gasteiger partial charge in [0.15, 0.2) is 0 Å². The second kappa shape index (κ2) is 6.64. The molecular formula is C17H19N3O3. The molecule has 0 saturated carbocycles. The number of rotatable bonds is 4. The largest absolute Gasteiger partial charge is 0.496 e. The van der Waals surface area contributed by atoms with E-state index in [4.69, 9.17) is 4.74 Å². The minimum absolute atomic E-state index is 0.0117. The molecule has 1 N–H and O–H groups in total. The average molecular weight is 313 g/mol. The first-order valence-electron chi connectivity index (χ1n) is 7.68. The number of ether oxygens (including phenoxy) is 1. The molecule has 0 spiro atoms. The highest BCUT2D eigenvalue weighted by Crippen LogP contribution is 2.27. The van der Waals surface area contributed by atoms with Crippen molar-refractivity contribution in [2.75, 3.05) is 26.7 Å². The molecule has 6 nitrogen and oxygen atoms in total. The van der Waals surface area contributed by atoms with Crippen molar-refractivity contribution in [3.05, 3.63) is 36.0 Å². The van der Waals surface area contributed by atoms with Gasteiger partial charge in [-0.2, -0.15) is 0 Å². The lowest BCUT2D eigenvalue weighted by molar-refractivity contribution is -0.129. The van der Waals surface area contributed by atoms with E-state index >= 15 is 0 Å². The minimum atomic E-state index is -0.297. The molecule has 0 radical (unpaired) electrons. The van der Waals surface area contributed by atoms with E-state index < -0.39 is 0 Å². The van der Waals surface area contributed by atoms with E-state index in [1.165, 1.54) is 0 Å². The molecule has 1 aromatic carbocycles. The second-order valence-electron chi connectivity index (χ2n) is 5.48. The van der Waals surface area contributed by atoms with Crippen LogP contribution in [0, 0.1) is 0 Å². The molecule has 1 saturated heterocycles. The highest BCUT2D eigenvalue weighted by atomic mass is 16.5. The van der Waals surface area contributed by atoms with E-state index in [1.807, 2.05) is 12.1 Å². The Labute approximate surface area is 134 Å². The van der Waals surface area contributed by atoms with Gasteiger partial charge in [-0.25, -0.2) is 0 Å². The van der Waals surface area contributed by atoms with Crippen molar-refractivity contribution >= 4 is 22.7 Å². The molecule has 2 aromatic rings. The van der Waals surface area contributed by atoms with Crippen molar-refractivity contribution in [3.8, 4) is 5.75 Å². The first kappa shape index (κ1) is 15.3. The van der Waals surface area contributed by atoms with Crippen molar-refractivity contribution in [2.24, 2.45) is 0 Å². The van der Waals surface area contributed by atoms with E-state index in [0.29, 0.717) is 22.2 Å². The molecule has 0 atom stereocenters. The molecule has 120 valence electrons. The number of likely N-dealkylation sites (tertiary alicyclic amines) is 1. The van der Waals surface area contributed by atoms with Gasteiger partial charge in [-0.05, 0) is 31.0 Å². The van der Waals surface area contributed by atoms with Gasteiger partial charge in [-0.3, -0.25) is 14.6 Å². The maximum Gasteiger partial charge on any atom is 0.252 e. The Bertz CT molecular complexity index is 734. The Morgan fingerprint density at radius 1 is 1.26 bits per heavy atom. The molecule has 0 bridgehead atoms. The fourth-order valence-corrected chi connectivity index (χ4v) is 2.86. The number of methoxy groups -OCH3 is 1. The summed E-state index contributed by atoms with van der Waals surface area (Å²) in [6, 6.07) is 7.08. The van der Waals surface area contributed by atoms with Crippen LogP contribution in [-0.4, -0.2) is 48.4 Å². The molecule has 2 heterocycles. The van der Waals surface area contributed by atoms with E-state index in [2.05, 4.69) is 10.3 Å². The monoisotopic (exact) mass is 313 g/mol. The van der Waals surface area contributed by atoms with E-state index in [-0.39, 0.29) is 18.4 Å². The number of nitrogens with one attached hydrogen (secondary N) is 1. The van der Waals surface area contributed by atoms with Gasteiger partial charge in [0, 0.05) is 19.3 Å². The Kier molecular flexibility index (Phi) is 4.41. The van der Waals surface area contributed by atoms with Gasteiger partial charge in [0.25, 0.3) is 5.91 Å². The number of fused-ring (bicyclic) bond motifs is 1. The molecule has 0 aliphatic carbocycles. The predicted octanol–water partition coefficient (Wildman–Crippen LogP) is 1.60. The quantitative estimate of drug-likeness (QED) is 0.930. The van der Waals surface area contributed by atoms with Crippen LogP contribution < -0.4 is 10.1 Å². The second-order valence-corrected chi connectivity index (χ2v) is 5.48. The lowest BCUT2D eigenvalue weighted by atomic mass is 10.1. The topological polar surface area (TPSA) is 71.5 Å². The van der Waals surface area contributed by atoms with Crippen LogP contribution in [0.15, 0.2) is 30.5 Å². The molecule has 2 amide bonds. The number of nitrogens with zero attached hydrogens (tertiary/aromatic N) is 2. The third-order valence-corrected chi connectivity index (χ3v) is 4.05. The first-order valence-corrected chi connectivity index (χ1v) is 7.68. The van der Waals surface area contributed by atoms with E-state index in [9.17, 15) is 9.59 Å². The number of amides is 2. The summed E-state index contributed by atoms with van der Waals surface area (Å²) in [6.07, 6.45) is 3.65. The van der Waals surface area contributed by atoms with Crippen molar-refractivity contribution < 1.29 is 14.3 Å². The van der Waals surface area contributed by atoms with E-state index in [0.717, 1.165) is 25.9 Å². The van der Waals surface area contributed by atoms with Gasteiger partial charge in [-0.1, -0.05) is 6.07 Å². The maximum atomic E-state index is 12.5. The summed E-state index contributed by atoms with van der Waals surface area (Å²) in [7, 11) is 1.56. The smallest absolute Gasteiger partial charge is 0.252 e. The molecule has 3 rings (SSSR count). The first-order chi connectivity index (χ1) is 11.2. The standard InChI is InChI=1S/C17H19N3O3/c1-23-14-6-4-5-13-16(14)12(7-8-18-13)17(22)19-11-15(21)20-9-2-3-10-20/h4-8H,2-3,9-11H2,1H3,(H,19,22). The summed E-state index contributed by atoms with van der Waals surface area (Å²) in [5.74, 6) is 0.252. The Hall–Kier alpha value is -2.63. The van der Waals surface area contributed by atoms with Crippen molar-refractivity contribution in [1.82, 2.24) is 15.2 Å². The lowest BCUT2D eigenvalue weighted by Gasteiger charge is -2.16. The number of carbonyl (C=O) groups is 2. The molecule has 23 heavy (non-hydrogen) atoms. The summed E-state index contributed by atoms with van der Waals surface area (Å²) in [6.45, 7) is 1.57. The maximum absolute atomic E-state index is 12.5. The fraction of sp³-hybridized carbons (Fsp3) is 0.353. The van der Waals surface area contributed by atoms with Crippen molar-refractivity contribution in [3.63, 3.8) is 0 Å². The van der Waals surface area contributed by atoms with Gasteiger partial charge >= 0.3 is 0 Å². The Morgan fingerprint density at radius 3 is 2.78 bits per heavy atom. The third-order valence-electron chi connectivity index (χ3n) is 4.05. The molecule has 6 heteroatoms. The Morgan fingerprint density at radius 2 is 2.04 bits per heavy atom. The zero-order valence-corrected chi connectivity index (χ0v) is 13.0. The van der Waals surface area contributed by atoms with Crippen LogP contribution in [0.25, 0.3) is 10.9 Å². The molecule has 1 fully saturated rings. The zero-order valence-electron chi connectivity index (χ0n) is 13.0. The van der Waals surface area contributed by atoms with Gasteiger partial charge in [0.1, 0.15) is 5.75 Å². The van der Waals surface area contributed by atoms with E-state index in [1.54, 1.807) is 30.3 Å². The zero-order chi connectivity index (χ0) is 16.2. The number of benzene rings is 1. The number of carbonyl (C=O) groups excluding carboxylic acids is 2. The van der Waals surface area contributed by atoms with Crippen LogP contribution in [-0.2, 0) is 4.79 Å². The van der Waals surface area contributed by atoms with Crippen molar-refractivity contribution in [2.45, 2.75) is 12.8 Å². The number of pyridine rings is 1. The van der Waals surface area contributed by atoms with Gasteiger partial charge < -0.3 is 15.0 Å². The molecule has 1 aromatic heterocycles. The van der Waals surface area contributed by atoms with Crippen LogP contribution in [0.1, 0.15) is 23.2 Å². The summed E-state index contributed by atoms with van der Waals surface area (Å²) >= 11 is 0. The van der Waals surface area contributed by atoms with Crippen LogP contribution in [0.4, 0.5) is 0 Å².